The third-order valence-corrected chi connectivity index (χ3v) is 2.22. The van der Waals surface area contributed by atoms with Gasteiger partial charge in [-0.2, -0.15) is 0 Å². The SMILES string of the molecule is C#CCO[C@H]1C=C[C@H](OC(C)=O)[C@@H](COC(C)=O)O1. The van der Waals surface area contributed by atoms with Crippen molar-refractivity contribution in [1.29, 1.82) is 0 Å². The number of terminal acetylenes is 1. The fraction of sp³-hybridized carbons (Fsp3) is 0.538. The average Bonchev–Trinajstić information content (AvgIpc) is 2.35. The lowest BCUT2D eigenvalue weighted by Crippen LogP contribution is -2.42. The first-order chi connectivity index (χ1) is 9.02. The highest BCUT2D eigenvalue weighted by Gasteiger charge is 2.30. The summed E-state index contributed by atoms with van der Waals surface area (Å²) in [5.41, 5.74) is 0. The van der Waals surface area contributed by atoms with Gasteiger partial charge >= 0.3 is 11.9 Å². The second-order valence-corrected chi connectivity index (χ2v) is 3.82. The Morgan fingerprint density at radius 2 is 2.05 bits per heavy atom. The number of carbonyl (C=O) groups excluding carboxylic acids is 2. The summed E-state index contributed by atoms with van der Waals surface area (Å²) in [5, 5.41) is 0. The molecule has 0 aromatic carbocycles. The Labute approximate surface area is 111 Å². The second kappa shape index (κ2) is 7.56. The van der Waals surface area contributed by atoms with Crippen LogP contribution in [0.4, 0.5) is 0 Å². The van der Waals surface area contributed by atoms with Crippen LogP contribution in [0.2, 0.25) is 0 Å². The number of hydrogen-bond donors (Lipinski definition) is 0. The number of carbonyl (C=O) groups is 2. The van der Waals surface area contributed by atoms with Gasteiger partial charge in [0.2, 0.25) is 0 Å². The van der Waals surface area contributed by atoms with Crippen molar-refractivity contribution in [2.75, 3.05) is 13.2 Å². The van der Waals surface area contributed by atoms with Crippen molar-refractivity contribution in [3.8, 4) is 12.3 Å². The summed E-state index contributed by atoms with van der Waals surface area (Å²) in [6, 6.07) is 0. The van der Waals surface area contributed by atoms with Crippen LogP contribution in [0.1, 0.15) is 13.8 Å². The lowest BCUT2D eigenvalue weighted by Gasteiger charge is -2.30. The molecule has 0 fully saturated rings. The van der Waals surface area contributed by atoms with Gasteiger partial charge in [0.15, 0.2) is 6.29 Å². The molecule has 19 heavy (non-hydrogen) atoms. The van der Waals surface area contributed by atoms with Crippen LogP contribution in [0.3, 0.4) is 0 Å². The molecule has 1 aliphatic heterocycles. The molecule has 1 aliphatic rings. The van der Waals surface area contributed by atoms with Gasteiger partial charge in [-0.1, -0.05) is 5.92 Å². The Hall–Kier alpha value is -1.84. The van der Waals surface area contributed by atoms with Crippen LogP contribution in [0.5, 0.6) is 0 Å². The summed E-state index contributed by atoms with van der Waals surface area (Å²) in [5.74, 6) is 1.42. The zero-order chi connectivity index (χ0) is 14.3. The topological polar surface area (TPSA) is 71.1 Å². The van der Waals surface area contributed by atoms with E-state index < -0.39 is 30.4 Å². The van der Waals surface area contributed by atoms with Gasteiger partial charge in [0, 0.05) is 13.8 Å². The van der Waals surface area contributed by atoms with Crippen molar-refractivity contribution in [1.82, 2.24) is 0 Å². The number of ether oxygens (including phenoxy) is 4. The van der Waals surface area contributed by atoms with Gasteiger partial charge in [0.1, 0.15) is 25.4 Å². The van der Waals surface area contributed by atoms with E-state index in [4.69, 9.17) is 25.4 Å². The van der Waals surface area contributed by atoms with E-state index in [1.54, 1.807) is 12.2 Å². The molecule has 104 valence electrons. The molecule has 1 heterocycles. The standard InChI is InChI=1S/C13H16O6/c1-4-7-16-13-6-5-11(18-10(3)15)12(19-13)8-17-9(2)14/h1,5-6,11-13H,7-8H2,2-3H3/t11-,12+,13+/m0/s1. The summed E-state index contributed by atoms with van der Waals surface area (Å²) in [4.78, 5) is 21.8. The lowest BCUT2D eigenvalue weighted by molar-refractivity contribution is -0.193. The maximum atomic E-state index is 11.0. The lowest BCUT2D eigenvalue weighted by atomic mass is 10.1. The molecular formula is C13H16O6. The summed E-state index contributed by atoms with van der Waals surface area (Å²) < 4.78 is 20.6. The molecular weight excluding hydrogens is 252 g/mol. The maximum Gasteiger partial charge on any atom is 0.303 e. The predicted molar refractivity (Wildman–Crippen MR) is 64.8 cm³/mol. The molecule has 0 spiro atoms. The summed E-state index contributed by atoms with van der Waals surface area (Å²) >= 11 is 0. The molecule has 1 rings (SSSR count). The normalized spacial score (nSPS) is 25.4. The van der Waals surface area contributed by atoms with Gasteiger partial charge in [-0.15, -0.1) is 6.42 Å². The van der Waals surface area contributed by atoms with Crippen molar-refractivity contribution in [3.05, 3.63) is 12.2 Å². The van der Waals surface area contributed by atoms with E-state index in [0.717, 1.165) is 0 Å². The van der Waals surface area contributed by atoms with Gasteiger partial charge in [0.25, 0.3) is 0 Å². The van der Waals surface area contributed by atoms with Crippen LogP contribution in [0.25, 0.3) is 0 Å². The molecule has 0 radical (unpaired) electrons. The van der Waals surface area contributed by atoms with Crippen LogP contribution < -0.4 is 0 Å². The van der Waals surface area contributed by atoms with E-state index >= 15 is 0 Å². The van der Waals surface area contributed by atoms with E-state index in [-0.39, 0.29) is 13.2 Å². The highest BCUT2D eigenvalue weighted by Crippen LogP contribution is 2.17. The van der Waals surface area contributed by atoms with Crippen LogP contribution in [-0.4, -0.2) is 43.7 Å². The highest BCUT2D eigenvalue weighted by atomic mass is 16.7. The van der Waals surface area contributed by atoms with E-state index in [1.165, 1.54) is 13.8 Å². The third-order valence-electron chi connectivity index (χ3n) is 2.22. The molecule has 3 atom stereocenters. The Morgan fingerprint density at radius 1 is 1.32 bits per heavy atom. The van der Waals surface area contributed by atoms with Crippen molar-refractivity contribution >= 4 is 11.9 Å². The Bertz CT molecular complexity index is 394. The Morgan fingerprint density at radius 3 is 2.63 bits per heavy atom. The van der Waals surface area contributed by atoms with Crippen LogP contribution in [-0.2, 0) is 28.5 Å². The fourth-order valence-corrected chi connectivity index (χ4v) is 1.48. The predicted octanol–water partition coefficient (Wildman–Crippen LogP) is 0.412. The van der Waals surface area contributed by atoms with Crippen LogP contribution >= 0.6 is 0 Å². The fourth-order valence-electron chi connectivity index (χ4n) is 1.48. The summed E-state index contributed by atoms with van der Waals surface area (Å²) in [6.07, 6.45) is 6.40. The van der Waals surface area contributed by atoms with Crippen molar-refractivity contribution in [3.63, 3.8) is 0 Å². The molecule has 0 amide bonds. The van der Waals surface area contributed by atoms with Crippen molar-refractivity contribution in [2.45, 2.75) is 32.3 Å². The van der Waals surface area contributed by atoms with Crippen LogP contribution in [0.15, 0.2) is 12.2 Å². The molecule has 0 N–H and O–H groups in total. The minimum Gasteiger partial charge on any atom is -0.463 e. The summed E-state index contributed by atoms with van der Waals surface area (Å²) in [6.45, 7) is 2.63. The summed E-state index contributed by atoms with van der Waals surface area (Å²) in [7, 11) is 0. The minimum atomic E-state index is -0.650. The first-order valence-corrected chi connectivity index (χ1v) is 5.72. The van der Waals surface area contributed by atoms with Crippen LogP contribution in [0, 0.1) is 12.3 Å². The Balaban J connectivity index is 2.63. The first-order valence-electron chi connectivity index (χ1n) is 5.72. The molecule has 0 bridgehead atoms. The van der Waals surface area contributed by atoms with Gasteiger partial charge in [-0.25, -0.2) is 0 Å². The Kier molecular flexibility index (Phi) is 6.06. The average molecular weight is 268 g/mol. The van der Waals surface area contributed by atoms with Gasteiger partial charge < -0.3 is 18.9 Å². The number of hydrogen-bond acceptors (Lipinski definition) is 6. The molecule has 0 saturated heterocycles. The molecule has 0 aliphatic carbocycles. The van der Waals surface area contributed by atoms with Gasteiger partial charge in [-0.05, 0) is 12.2 Å². The van der Waals surface area contributed by atoms with Gasteiger partial charge in [-0.3, -0.25) is 9.59 Å². The monoisotopic (exact) mass is 268 g/mol. The maximum absolute atomic E-state index is 11.0. The molecule has 0 saturated carbocycles. The third kappa shape index (κ3) is 5.55. The highest BCUT2D eigenvalue weighted by molar-refractivity contribution is 5.66. The quantitative estimate of drug-likeness (QED) is 0.408. The van der Waals surface area contributed by atoms with Gasteiger partial charge in [0.05, 0.1) is 0 Å². The van der Waals surface area contributed by atoms with E-state index in [2.05, 4.69) is 5.92 Å². The van der Waals surface area contributed by atoms with Crippen molar-refractivity contribution < 1.29 is 28.5 Å². The molecule has 6 heteroatoms. The first kappa shape index (κ1) is 15.2. The molecule has 0 aromatic rings. The zero-order valence-corrected chi connectivity index (χ0v) is 10.8. The van der Waals surface area contributed by atoms with Crippen molar-refractivity contribution in [2.24, 2.45) is 0 Å². The second-order valence-electron chi connectivity index (χ2n) is 3.82. The number of rotatable bonds is 5. The minimum absolute atomic E-state index is 0.0342. The molecule has 0 aromatic heterocycles. The molecule has 0 unspecified atom stereocenters. The smallest absolute Gasteiger partial charge is 0.303 e. The van der Waals surface area contributed by atoms with E-state index in [9.17, 15) is 9.59 Å². The molecule has 6 nitrogen and oxygen atoms in total. The zero-order valence-electron chi connectivity index (χ0n) is 10.8. The number of esters is 2. The largest absolute Gasteiger partial charge is 0.463 e. The van der Waals surface area contributed by atoms with E-state index in [0.29, 0.717) is 0 Å². The van der Waals surface area contributed by atoms with E-state index in [1.807, 2.05) is 0 Å².